The molecular formula is C13H18FN3O2. The number of rotatable bonds is 2. The Balaban J connectivity index is 2.39. The summed E-state index contributed by atoms with van der Waals surface area (Å²) in [4.78, 5) is 13.0. The lowest BCUT2D eigenvalue weighted by Crippen LogP contribution is -2.46. The smallest absolute Gasteiger partial charge is 0.250 e. The minimum Gasteiger partial charge on any atom is -0.398 e. The second kappa shape index (κ2) is 4.70. The van der Waals surface area contributed by atoms with Crippen LogP contribution in [0, 0.1) is 5.82 Å². The third kappa shape index (κ3) is 2.78. The number of aliphatic hydroxyl groups is 1. The molecule has 1 unspecified atom stereocenters. The molecule has 0 bridgehead atoms. The number of benzene rings is 1. The van der Waals surface area contributed by atoms with Crippen molar-refractivity contribution < 1.29 is 14.3 Å². The number of carbonyl (C=O) groups is 1. The van der Waals surface area contributed by atoms with Crippen LogP contribution in [0.1, 0.15) is 30.1 Å². The first-order chi connectivity index (χ1) is 8.80. The average molecular weight is 267 g/mol. The molecule has 1 fully saturated rings. The largest absolute Gasteiger partial charge is 0.398 e. The number of hydrogen-bond acceptors (Lipinski definition) is 4. The van der Waals surface area contributed by atoms with E-state index >= 15 is 0 Å². The zero-order chi connectivity index (χ0) is 14.2. The second-order valence-electron chi connectivity index (χ2n) is 5.28. The van der Waals surface area contributed by atoms with Crippen molar-refractivity contribution in [3.8, 4) is 0 Å². The Morgan fingerprint density at radius 3 is 2.79 bits per heavy atom. The standard InChI is InChI=1S/C13H18FN3O2/c1-13(19)3-2-4-17(7-13)11-5-8(12(16)18)10(15)6-9(11)14/h5-6,19H,2-4,7,15H2,1H3,(H2,16,18). The minimum absolute atomic E-state index is 0.0255. The number of carbonyl (C=O) groups excluding carboxylic acids is 1. The molecule has 1 aliphatic rings. The molecule has 1 saturated heterocycles. The molecule has 0 aromatic heterocycles. The van der Waals surface area contributed by atoms with Gasteiger partial charge in [-0.15, -0.1) is 0 Å². The molecule has 2 rings (SSSR count). The van der Waals surface area contributed by atoms with Crippen LogP contribution < -0.4 is 16.4 Å². The molecule has 104 valence electrons. The predicted molar refractivity (Wildman–Crippen MR) is 71.4 cm³/mol. The van der Waals surface area contributed by atoms with Crippen LogP contribution in [0.2, 0.25) is 0 Å². The third-order valence-corrected chi connectivity index (χ3v) is 3.40. The van der Waals surface area contributed by atoms with E-state index in [1.54, 1.807) is 11.8 Å². The van der Waals surface area contributed by atoms with Crippen LogP contribution in [-0.4, -0.2) is 29.7 Å². The molecule has 0 aliphatic carbocycles. The van der Waals surface area contributed by atoms with Gasteiger partial charge in [0.2, 0.25) is 0 Å². The first kappa shape index (κ1) is 13.6. The van der Waals surface area contributed by atoms with Gasteiger partial charge in [-0.2, -0.15) is 0 Å². The Kier molecular flexibility index (Phi) is 3.36. The quantitative estimate of drug-likeness (QED) is 0.693. The number of primary amides is 1. The first-order valence-corrected chi connectivity index (χ1v) is 6.16. The van der Waals surface area contributed by atoms with Crippen molar-refractivity contribution in [3.05, 3.63) is 23.5 Å². The van der Waals surface area contributed by atoms with Crippen LogP contribution in [0.5, 0.6) is 0 Å². The number of β-amino-alcohol motifs (C(OH)–C–C–N with tert-alkyl or cyclic N) is 1. The highest BCUT2D eigenvalue weighted by molar-refractivity contribution is 5.99. The molecule has 1 aliphatic heterocycles. The van der Waals surface area contributed by atoms with E-state index in [0.29, 0.717) is 19.5 Å². The fourth-order valence-corrected chi connectivity index (χ4v) is 2.46. The third-order valence-electron chi connectivity index (χ3n) is 3.40. The number of nitrogens with zero attached hydrogens (tertiary/aromatic N) is 1. The minimum atomic E-state index is -0.862. The summed E-state index contributed by atoms with van der Waals surface area (Å²) < 4.78 is 14.0. The molecule has 1 heterocycles. The Hall–Kier alpha value is -1.82. The Labute approximate surface area is 111 Å². The first-order valence-electron chi connectivity index (χ1n) is 6.16. The maximum atomic E-state index is 14.0. The lowest BCUT2D eigenvalue weighted by molar-refractivity contribution is 0.0447. The molecule has 5 nitrogen and oxygen atoms in total. The number of hydrogen-bond donors (Lipinski definition) is 3. The molecular weight excluding hydrogens is 249 g/mol. The fraction of sp³-hybridized carbons (Fsp3) is 0.462. The van der Waals surface area contributed by atoms with Gasteiger partial charge >= 0.3 is 0 Å². The van der Waals surface area contributed by atoms with Gasteiger partial charge in [0.05, 0.1) is 16.9 Å². The van der Waals surface area contributed by atoms with Gasteiger partial charge in [-0.1, -0.05) is 0 Å². The van der Waals surface area contributed by atoms with Crippen molar-refractivity contribution >= 4 is 17.3 Å². The number of piperidine rings is 1. The maximum Gasteiger partial charge on any atom is 0.250 e. The number of amides is 1. The van der Waals surface area contributed by atoms with Gasteiger partial charge in [0.1, 0.15) is 5.82 Å². The number of nitrogen functional groups attached to an aromatic ring is 1. The van der Waals surface area contributed by atoms with E-state index in [4.69, 9.17) is 11.5 Å². The van der Waals surface area contributed by atoms with Gasteiger partial charge in [-0.05, 0) is 31.9 Å². The molecule has 1 amide bonds. The maximum absolute atomic E-state index is 14.0. The molecule has 6 heteroatoms. The highest BCUT2D eigenvalue weighted by atomic mass is 19.1. The van der Waals surface area contributed by atoms with Crippen molar-refractivity contribution in [1.82, 2.24) is 0 Å². The van der Waals surface area contributed by atoms with Gasteiger partial charge in [0, 0.05) is 18.8 Å². The van der Waals surface area contributed by atoms with Gasteiger partial charge in [0.15, 0.2) is 0 Å². The van der Waals surface area contributed by atoms with Crippen LogP contribution in [0.3, 0.4) is 0 Å². The SMILES string of the molecule is CC1(O)CCCN(c2cc(C(N)=O)c(N)cc2F)C1. The van der Waals surface area contributed by atoms with Crippen LogP contribution in [0.15, 0.2) is 12.1 Å². The summed E-state index contributed by atoms with van der Waals surface area (Å²) in [6.45, 7) is 2.64. The summed E-state index contributed by atoms with van der Waals surface area (Å²) >= 11 is 0. The van der Waals surface area contributed by atoms with Crippen molar-refractivity contribution in [2.24, 2.45) is 5.73 Å². The van der Waals surface area contributed by atoms with Crippen LogP contribution in [-0.2, 0) is 0 Å². The van der Waals surface area contributed by atoms with E-state index in [1.165, 1.54) is 6.07 Å². The van der Waals surface area contributed by atoms with E-state index in [0.717, 1.165) is 12.5 Å². The topological polar surface area (TPSA) is 92.6 Å². The normalized spacial score (nSPS) is 23.4. The van der Waals surface area contributed by atoms with Gasteiger partial charge in [0.25, 0.3) is 5.91 Å². The molecule has 1 aromatic rings. The van der Waals surface area contributed by atoms with Crippen molar-refractivity contribution in [2.45, 2.75) is 25.4 Å². The summed E-state index contributed by atoms with van der Waals surface area (Å²) in [5.74, 6) is -1.21. The lowest BCUT2D eigenvalue weighted by atomic mass is 9.94. The van der Waals surface area contributed by atoms with E-state index in [2.05, 4.69) is 0 Å². The van der Waals surface area contributed by atoms with Crippen molar-refractivity contribution in [1.29, 1.82) is 0 Å². The lowest BCUT2D eigenvalue weighted by Gasteiger charge is -2.38. The molecule has 19 heavy (non-hydrogen) atoms. The number of nitrogens with two attached hydrogens (primary N) is 2. The molecule has 0 radical (unpaired) electrons. The number of anilines is 2. The van der Waals surface area contributed by atoms with E-state index < -0.39 is 17.3 Å². The van der Waals surface area contributed by atoms with E-state index in [9.17, 15) is 14.3 Å². The molecule has 1 atom stereocenters. The Bertz CT molecular complexity index is 517. The Morgan fingerprint density at radius 2 is 2.21 bits per heavy atom. The molecule has 5 N–H and O–H groups in total. The van der Waals surface area contributed by atoms with E-state index in [1.807, 2.05) is 0 Å². The van der Waals surface area contributed by atoms with Gasteiger partial charge < -0.3 is 21.5 Å². The molecule has 0 saturated carbocycles. The highest BCUT2D eigenvalue weighted by Gasteiger charge is 2.30. The van der Waals surface area contributed by atoms with Gasteiger partial charge in [-0.25, -0.2) is 4.39 Å². The summed E-state index contributed by atoms with van der Waals surface area (Å²) in [6, 6.07) is 2.45. The zero-order valence-electron chi connectivity index (χ0n) is 10.8. The van der Waals surface area contributed by atoms with Crippen LogP contribution in [0.25, 0.3) is 0 Å². The van der Waals surface area contributed by atoms with E-state index in [-0.39, 0.29) is 16.9 Å². The summed E-state index contributed by atoms with van der Waals surface area (Å²) in [6.07, 6.45) is 1.42. The monoisotopic (exact) mass is 267 g/mol. The van der Waals surface area contributed by atoms with Crippen molar-refractivity contribution in [3.63, 3.8) is 0 Å². The van der Waals surface area contributed by atoms with Crippen LogP contribution in [0.4, 0.5) is 15.8 Å². The van der Waals surface area contributed by atoms with Gasteiger partial charge in [-0.3, -0.25) is 4.79 Å². The second-order valence-corrected chi connectivity index (χ2v) is 5.28. The molecule has 0 spiro atoms. The molecule has 1 aromatic carbocycles. The predicted octanol–water partition coefficient (Wildman–Crippen LogP) is 0.858. The summed E-state index contributed by atoms with van der Waals surface area (Å²) in [5.41, 5.74) is 10.3. The highest BCUT2D eigenvalue weighted by Crippen LogP contribution is 2.30. The number of halogens is 1. The fourth-order valence-electron chi connectivity index (χ4n) is 2.46. The summed E-state index contributed by atoms with van der Waals surface area (Å²) in [7, 11) is 0. The van der Waals surface area contributed by atoms with Crippen molar-refractivity contribution in [2.75, 3.05) is 23.7 Å². The average Bonchev–Trinajstić information content (AvgIpc) is 2.26. The van der Waals surface area contributed by atoms with Crippen LogP contribution >= 0.6 is 0 Å². The Morgan fingerprint density at radius 1 is 1.53 bits per heavy atom. The zero-order valence-corrected chi connectivity index (χ0v) is 10.8. The summed E-state index contributed by atoms with van der Waals surface area (Å²) in [5, 5.41) is 10.0.